The number of fused-ring (bicyclic) bond motifs is 3. The Balaban J connectivity index is 1.77. The smallest absolute Gasteiger partial charge is 0.381 e. The van der Waals surface area contributed by atoms with Crippen molar-refractivity contribution in [2.75, 3.05) is 25.4 Å². The molecule has 2 aliphatic rings. The minimum absolute atomic E-state index is 0.191. The molecular weight excluding hydrogens is 429 g/mol. The van der Waals surface area contributed by atoms with Gasteiger partial charge in [-0.25, -0.2) is 9.66 Å². The molecule has 3 aromatic rings. The fraction of sp³-hybridized carbons (Fsp3) is 0.261. The van der Waals surface area contributed by atoms with Crippen LogP contribution in [0.4, 0.5) is 0 Å². The molecule has 0 saturated carbocycles. The van der Waals surface area contributed by atoms with Gasteiger partial charge in [-0.2, -0.15) is 0 Å². The molecule has 3 heterocycles. The summed E-state index contributed by atoms with van der Waals surface area (Å²) in [4.78, 5) is 4.69. The van der Waals surface area contributed by atoms with Crippen LogP contribution in [0, 0.1) is 6.92 Å². The molecule has 0 saturated heterocycles. The van der Waals surface area contributed by atoms with Gasteiger partial charge < -0.3 is 18.5 Å². The number of rotatable bonds is 6. The maximum absolute atomic E-state index is 13.5. The zero-order chi connectivity index (χ0) is 22.3. The van der Waals surface area contributed by atoms with Crippen LogP contribution in [0.2, 0.25) is 0 Å². The first-order valence-electron chi connectivity index (χ1n) is 10.5. The minimum Gasteiger partial charge on any atom is -0.454 e. The van der Waals surface area contributed by atoms with Gasteiger partial charge in [0, 0.05) is 10.8 Å². The number of nitrogens with one attached hydrogen (secondary N) is 1. The van der Waals surface area contributed by atoms with Crippen LogP contribution in [0.1, 0.15) is 30.9 Å². The molecule has 5 rings (SSSR count). The third-order valence-corrected chi connectivity index (χ3v) is 7.49. The Bertz CT molecular complexity index is 1340. The molecule has 0 spiro atoms. The molecule has 1 N–H and O–H groups in total. The molecule has 0 aliphatic carbocycles. The lowest BCUT2D eigenvalue weighted by atomic mass is 10.1. The second kappa shape index (κ2) is 8.13. The average Bonchev–Trinajstić information content (AvgIpc) is 3.32. The summed E-state index contributed by atoms with van der Waals surface area (Å²) < 4.78 is 37.6. The van der Waals surface area contributed by atoms with E-state index in [-0.39, 0.29) is 20.0 Å². The van der Waals surface area contributed by atoms with Gasteiger partial charge in [-0.05, 0) is 44.2 Å². The fourth-order valence-electron chi connectivity index (χ4n) is 3.94. The van der Waals surface area contributed by atoms with Crippen LogP contribution in [0.3, 0.4) is 0 Å². The summed E-state index contributed by atoms with van der Waals surface area (Å²) in [6.07, 6.45) is 1.93. The van der Waals surface area contributed by atoms with Crippen molar-refractivity contribution in [1.29, 1.82) is 0 Å². The lowest BCUT2D eigenvalue weighted by Gasteiger charge is -2.17. The topological polar surface area (TPSA) is 83.8 Å². The molecule has 1 aromatic heterocycles. The van der Waals surface area contributed by atoms with Crippen molar-refractivity contribution in [3.05, 3.63) is 70.0 Å². The first kappa shape index (κ1) is 20.8. The summed E-state index contributed by atoms with van der Waals surface area (Å²) in [6, 6.07) is 13.9. The molecule has 0 fully saturated rings. The number of benzene rings is 2. The summed E-state index contributed by atoms with van der Waals surface area (Å²) in [5.74, 6) is 1.96. The predicted octanol–water partition coefficient (Wildman–Crippen LogP) is 2.35. The van der Waals surface area contributed by atoms with Crippen LogP contribution in [-0.2, 0) is 13.6 Å². The van der Waals surface area contributed by atoms with E-state index in [1.54, 1.807) is 13.8 Å². The molecule has 9 heteroatoms. The van der Waals surface area contributed by atoms with E-state index in [4.69, 9.17) is 18.5 Å². The second-order valence-corrected chi connectivity index (χ2v) is 9.27. The Kier molecular flexibility index (Phi) is 5.29. The van der Waals surface area contributed by atoms with Crippen molar-refractivity contribution in [2.24, 2.45) is 0 Å². The molecule has 166 valence electrons. The highest BCUT2D eigenvalue weighted by molar-refractivity contribution is 7.62. The van der Waals surface area contributed by atoms with Gasteiger partial charge in [0.1, 0.15) is 0 Å². The Morgan fingerprint density at radius 2 is 1.78 bits per heavy atom. The molecule has 0 radical (unpaired) electrons. The highest BCUT2D eigenvalue weighted by atomic mass is 31.2. The molecule has 32 heavy (non-hydrogen) atoms. The van der Waals surface area contributed by atoms with E-state index in [0.717, 1.165) is 21.7 Å². The quantitative estimate of drug-likeness (QED) is 0.574. The van der Waals surface area contributed by atoms with E-state index in [9.17, 15) is 4.57 Å². The second-order valence-electron chi connectivity index (χ2n) is 7.34. The Hall–Kier alpha value is -3.06. The van der Waals surface area contributed by atoms with Gasteiger partial charge in [0.2, 0.25) is 6.79 Å². The first-order chi connectivity index (χ1) is 15.5. The monoisotopic (exact) mass is 453 g/mol. The lowest BCUT2D eigenvalue weighted by Crippen LogP contribution is -2.30. The van der Waals surface area contributed by atoms with Crippen molar-refractivity contribution in [3.8, 4) is 11.5 Å². The van der Waals surface area contributed by atoms with Crippen LogP contribution >= 0.6 is 7.60 Å². The third kappa shape index (κ3) is 3.41. The highest BCUT2D eigenvalue weighted by Gasteiger charge is 2.34. The molecule has 0 bridgehead atoms. The molecule has 2 aliphatic heterocycles. The number of aromatic nitrogens is 2. The summed E-state index contributed by atoms with van der Waals surface area (Å²) in [5, 5.41) is 1.85. The van der Waals surface area contributed by atoms with Gasteiger partial charge in [-0.3, -0.25) is 9.99 Å². The molecule has 0 unspecified atom stereocenters. The van der Waals surface area contributed by atoms with Gasteiger partial charge in [-0.15, -0.1) is 0 Å². The molecular formula is C23H24N3O5P. The van der Waals surface area contributed by atoms with Crippen molar-refractivity contribution < 1.29 is 23.1 Å². The van der Waals surface area contributed by atoms with Gasteiger partial charge >= 0.3 is 7.60 Å². The minimum atomic E-state index is -3.56. The lowest BCUT2D eigenvalue weighted by molar-refractivity contribution is 0.174. The van der Waals surface area contributed by atoms with E-state index < -0.39 is 7.60 Å². The van der Waals surface area contributed by atoms with Gasteiger partial charge in [0.05, 0.1) is 24.6 Å². The van der Waals surface area contributed by atoms with Crippen LogP contribution < -0.4 is 30.8 Å². The third-order valence-electron chi connectivity index (χ3n) is 5.35. The zero-order valence-corrected chi connectivity index (χ0v) is 19.0. The molecule has 0 amide bonds. The first-order valence-corrected chi connectivity index (χ1v) is 12.1. The Morgan fingerprint density at radius 3 is 2.47 bits per heavy atom. The molecule has 0 atom stereocenters. The van der Waals surface area contributed by atoms with Crippen LogP contribution in [0.25, 0.3) is 11.8 Å². The highest BCUT2D eigenvalue weighted by Crippen LogP contribution is 2.47. The average molecular weight is 453 g/mol. The van der Waals surface area contributed by atoms with Gasteiger partial charge in [0.25, 0.3) is 0 Å². The van der Waals surface area contributed by atoms with Crippen molar-refractivity contribution in [1.82, 2.24) is 9.66 Å². The summed E-state index contributed by atoms with van der Waals surface area (Å²) in [7, 11) is -3.56. The van der Waals surface area contributed by atoms with Crippen molar-refractivity contribution in [3.63, 3.8) is 0 Å². The maximum atomic E-state index is 13.5. The van der Waals surface area contributed by atoms with E-state index in [1.807, 2.05) is 60.1 Å². The van der Waals surface area contributed by atoms with E-state index >= 15 is 0 Å². The van der Waals surface area contributed by atoms with Gasteiger partial charge in [-0.1, -0.05) is 30.3 Å². The van der Waals surface area contributed by atoms with E-state index in [2.05, 4.69) is 10.4 Å². The number of imidazole rings is 1. The maximum Gasteiger partial charge on any atom is 0.381 e. The molecule has 8 nitrogen and oxygen atoms in total. The van der Waals surface area contributed by atoms with Crippen LogP contribution in [-0.4, -0.2) is 29.7 Å². The standard InChI is InChI=1S/C23H24N3O5P/c1-4-30-32(27,31-5-2)23-15(3)26-21(24-23)12-17-11-19-20(29-14-28-19)13-18(17)22(25-26)16-9-7-6-8-10-16/h6-13,25H,4-5,14H2,1-3H3. The zero-order valence-electron chi connectivity index (χ0n) is 18.1. The van der Waals surface area contributed by atoms with Gasteiger partial charge in [0.15, 0.2) is 22.8 Å². The number of hydrogen-bond donors (Lipinski definition) is 1. The summed E-state index contributed by atoms with van der Waals surface area (Å²) in [6.45, 7) is 6.12. The van der Waals surface area contributed by atoms with E-state index in [0.29, 0.717) is 28.5 Å². The van der Waals surface area contributed by atoms with Crippen LogP contribution in [0.5, 0.6) is 11.5 Å². The normalized spacial score (nSPS) is 14.3. The Morgan fingerprint density at radius 1 is 1.09 bits per heavy atom. The summed E-state index contributed by atoms with van der Waals surface area (Å²) >= 11 is 0. The van der Waals surface area contributed by atoms with E-state index in [1.165, 1.54) is 0 Å². The largest absolute Gasteiger partial charge is 0.454 e. The van der Waals surface area contributed by atoms with Crippen LogP contribution in [0.15, 0.2) is 42.5 Å². The number of hydrogen-bond acceptors (Lipinski definition) is 7. The number of nitrogens with zero attached hydrogens (tertiary/aromatic N) is 2. The van der Waals surface area contributed by atoms with Crippen molar-refractivity contribution in [2.45, 2.75) is 20.8 Å². The fourth-order valence-corrected chi connectivity index (χ4v) is 5.66. The molecule has 2 aromatic carbocycles. The number of ether oxygens (including phenoxy) is 2. The van der Waals surface area contributed by atoms with Crippen molar-refractivity contribution >= 4 is 24.8 Å². The predicted molar refractivity (Wildman–Crippen MR) is 121 cm³/mol. The Labute approximate surface area is 185 Å². The SMILES string of the molecule is CCOP(=O)(OCC)c1nc2n(c1C)NC(c1ccccc1)=c1cc3c(cc1=C2)OCO3. The summed E-state index contributed by atoms with van der Waals surface area (Å²) in [5.41, 5.74) is 6.29.